The first-order chi connectivity index (χ1) is 8.16. The number of nitrogens with two attached hydrogens (primary N) is 1. The highest BCUT2D eigenvalue weighted by Crippen LogP contribution is 2.36. The first-order valence-electron chi connectivity index (χ1n) is 6.29. The minimum absolute atomic E-state index is 0.301. The van der Waals surface area contributed by atoms with E-state index in [-0.39, 0.29) is 0 Å². The van der Waals surface area contributed by atoms with Crippen molar-refractivity contribution in [3.8, 4) is 0 Å². The molecule has 0 saturated heterocycles. The van der Waals surface area contributed by atoms with E-state index in [0.29, 0.717) is 24.1 Å². The Bertz CT molecular complexity index is 444. The van der Waals surface area contributed by atoms with Crippen molar-refractivity contribution in [3.63, 3.8) is 0 Å². The van der Waals surface area contributed by atoms with Crippen molar-refractivity contribution in [2.45, 2.75) is 44.8 Å². The van der Waals surface area contributed by atoms with E-state index in [0.717, 1.165) is 6.54 Å². The standard InChI is InChI=1S/C12H19N5/c1-8(2)16-7-9(5-15-16)11-6-14-12(13)17(11)10-3-4-10/h5,7-8,10-11H,3-4,6H2,1-2H3,(H2,13,14). The topological polar surface area (TPSA) is 59.4 Å². The van der Waals surface area contributed by atoms with E-state index in [9.17, 15) is 0 Å². The molecule has 17 heavy (non-hydrogen) atoms. The third kappa shape index (κ3) is 1.79. The van der Waals surface area contributed by atoms with Gasteiger partial charge in [0.05, 0.1) is 18.8 Å². The van der Waals surface area contributed by atoms with E-state index >= 15 is 0 Å². The maximum absolute atomic E-state index is 5.96. The highest BCUT2D eigenvalue weighted by molar-refractivity contribution is 5.81. The van der Waals surface area contributed by atoms with E-state index < -0.39 is 0 Å². The summed E-state index contributed by atoms with van der Waals surface area (Å²) in [4.78, 5) is 6.64. The molecule has 5 heteroatoms. The second kappa shape index (κ2) is 3.75. The molecule has 1 saturated carbocycles. The van der Waals surface area contributed by atoms with E-state index in [1.54, 1.807) is 0 Å². The number of guanidine groups is 1. The van der Waals surface area contributed by atoms with Crippen LogP contribution in [-0.4, -0.2) is 33.2 Å². The number of hydrogen-bond donors (Lipinski definition) is 1. The van der Waals surface area contributed by atoms with Gasteiger partial charge in [-0.05, 0) is 26.7 Å². The second-order valence-electron chi connectivity index (χ2n) is 5.20. The van der Waals surface area contributed by atoms with E-state index in [1.807, 2.05) is 10.9 Å². The van der Waals surface area contributed by atoms with Gasteiger partial charge in [-0.3, -0.25) is 9.67 Å². The highest BCUT2D eigenvalue weighted by Gasteiger charge is 2.39. The Morgan fingerprint density at radius 2 is 2.18 bits per heavy atom. The van der Waals surface area contributed by atoms with Crippen LogP contribution in [0.1, 0.15) is 44.3 Å². The van der Waals surface area contributed by atoms with Gasteiger partial charge in [0.1, 0.15) is 0 Å². The summed E-state index contributed by atoms with van der Waals surface area (Å²) in [5, 5.41) is 4.40. The van der Waals surface area contributed by atoms with Crippen molar-refractivity contribution in [1.29, 1.82) is 0 Å². The van der Waals surface area contributed by atoms with Gasteiger partial charge in [-0.25, -0.2) is 0 Å². The van der Waals surface area contributed by atoms with Crippen LogP contribution < -0.4 is 5.73 Å². The number of hydrogen-bond acceptors (Lipinski definition) is 4. The smallest absolute Gasteiger partial charge is 0.192 e. The third-order valence-corrected chi connectivity index (χ3v) is 3.50. The van der Waals surface area contributed by atoms with Gasteiger partial charge in [-0.1, -0.05) is 0 Å². The number of aromatic nitrogens is 2. The minimum Gasteiger partial charge on any atom is -0.370 e. The lowest BCUT2D eigenvalue weighted by atomic mass is 10.1. The van der Waals surface area contributed by atoms with Crippen molar-refractivity contribution in [1.82, 2.24) is 14.7 Å². The lowest BCUT2D eigenvalue weighted by Gasteiger charge is -2.25. The Labute approximate surface area is 101 Å². The normalized spacial score (nSPS) is 24.5. The van der Waals surface area contributed by atoms with Crippen molar-refractivity contribution in [2.75, 3.05) is 6.54 Å². The van der Waals surface area contributed by atoms with Gasteiger partial charge in [0.2, 0.25) is 0 Å². The van der Waals surface area contributed by atoms with Crippen LogP contribution >= 0.6 is 0 Å². The predicted molar refractivity (Wildman–Crippen MR) is 66.7 cm³/mol. The molecule has 1 atom stereocenters. The van der Waals surface area contributed by atoms with E-state index in [1.165, 1.54) is 18.4 Å². The monoisotopic (exact) mass is 233 g/mol. The van der Waals surface area contributed by atoms with E-state index in [2.05, 4.69) is 35.0 Å². The molecule has 2 heterocycles. The molecule has 1 aliphatic carbocycles. The Hall–Kier alpha value is -1.52. The molecule has 1 aliphatic heterocycles. The van der Waals surface area contributed by atoms with Crippen LogP contribution in [0.3, 0.4) is 0 Å². The Kier molecular flexibility index (Phi) is 2.34. The largest absolute Gasteiger partial charge is 0.370 e. The summed E-state index contributed by atoms with van der Waals surface area (Å²) in [7, 11) is 0. The fourth-order valence-corrected chi connectivity index (χ4v) is 2.38. The summed E-state index contributed by atoms with van der Waals surface area (Å²) in [5.41, 5.74) is 7.19. The fourth-order valence-electron chi connectivity index (χ4n) is 2.38. The average Bonchev–Trinajstić information content (AvgIpc) is 2.87. The van der Waals surface area contributed by atoms with Gasteiger partial charge in [0.25, 0.3) is 0 Å². The van der Waals surface area contributed by atoms with Gasteiger partial charge in [0.15, 0.2) is 5.96 Å². The molecule has 0 bridgehead atoms. The molecule has 2 N–H and O–H groups in total. The van der Waals surface area contributed by atoms with Gasteiger partial charge in [-0.15, -0.1) is 0 Å². The molecule has 0 spiro atoms. The molecule has 3 rings (SSSR count). The summed E-state index contributed by atoms with van der Waals surface area (Å²) in [6, 6.07) is 1.31. The average molecular weight is 233 g/mol. The van der Waals surface area contributed by atoms with Crippen molar-refractivity contribution in [2.24, 2.45) is 10.7 Å². The van der Waals surface area contributed by atoms with Crippen LogP contribution in [0, 0.1) is 0 Å². The molecule has 2 aliphatic rings. The maximum Gasteiger partial charge on any atom is 0.192 e. The van der Waals surface area contributed by atoms with Crippen LogP contribution in [0.2, 0.25) is 0 Å². The molecule has 1 unspecified atom stereocenters. The zero-order valence-electron chi connectivity index (χ0n) is 10.4. The summed E-state index contributed by atoms with van der Waals surface area (Å²) in [6.45, 7) is 5.04. The van der Waals surface area contributed by atoms with Crippen molar-refractivity contribution in [3.05, 3.63) is 18.0 Å². The molecule has 0 radical (unpaired) electrons. The third-order valence-electron chi connectivity index (χ3n) is 3.50. The maximum atomic E-state index is 5.96. The van der Waals surface area contributed by atoms with Crippen molar-refractivity contribution < 1.29 is 0 Å². The first-order valence-corrected chi connectivity index (χ1v) is 6.29. The SMILES string of the molecule is CC(C)n1cc(C2CN=C(N)N2C2CC2)cn1. The molecular formula is C12H19N5. The molecule has 0 amide bonds. The number of aliphatic imine (C=N–C) groups is 1. The summed E-state index contributed by atoms with van der Waals surface area (Å²) in [6.07, 6.45) is 6.56. The summed E-state index contributed by atoms with van der Waals surface area (Å²) < 4.78 is 1.99. The molecule has 5 nitrogen and oxygen atoms in total. The van der Waals surface area contributed by atoms with Crippen LogP contribution in [-0.2, 0) is 0 Å². The van der Waals surface area contributed by atoms with Gasteiger partial charge in [-0.2, -0.15) is 5.10 Å². The fraction of sp³-hybridized carbons (Fsp3) is 0.667. The van der Waals surface area contributed by atoms with Crippen LogP contribution in [0.5, 0.6) is 0 Å². The van der Waals surface area contributed by atoms with Crippen molar-refractivity contribution >= 4 is 5.96 Å². The lowest BCUT2D eigenvalue weighted by Crippen LogP contribution is -2.37. The van der Waals surface area contributed by atoms with E-state index in [4.69, 9.17) is 5.73 Å². The quantitative estimate of drug-likeness (QED) is 0.856. The van der Waals surface area contributed by atoms with Gasteiger partial charge in [0, 0.05) is 23.8 Å². The lowest BCUT2D eigenvalue weighted by molar-refractivity contribution is 0.337. The molecule has 0 aromatic carbocycles. The highest BCUT2D eigenvalue weighted by atomic mass is 15.4. The molecule has 1 aromatic heterocycles. The second-order valence-corrected chi connectivity index (χ2v) is 5.20. The summed E-state index contributed by atoms with van der Waals surface area (Å²) >= 11 is 0. The molecule has 92 valence electrons. The Morgan fingerprint density at radius 3 is 2.76 bits per heavy atom. The predicted octanol–water partition coefficient (Wildman–Crippen LogP) is 1.30. The molecule has 1 aromatic rings. The first kappa shape index (κ1) is 10.6. The van der Waals surface area contributed by atoms with Gasteiger partial charge < -0.3 is 10.6 Å². The van der Waals surface area contributed by atoms with Gasteiger partial charge >= 0.3 is 0 Å². The Morgan fingerprint density at radius 1 is 1.41 bits per heavy atom. The number of nitrogens with zero attached hydrogens (tertiary/aromatic N) is 4. The molecule has 1 fully saturated rings. The van der Waals surface area contributed by atoms with Crippen LogP contribution in [0.4, 0.5) is 0 Å². The summed E-state index contributed by atoms with van der Waals surface area (Å²) in [5.74, 6) is 0.704. The van der Waals surface area contributed by atoms with Crippen LogP contribution in [0.15, 0.2) is 17.4 Å². The number of rotatable bonds is 3. The Balaban J connectivity index is 1.83. The zero-order chi connectivity index (χ0) is 12.0. The minimum atomic E-state index is 0.301. The van der Waals surface area contributed by atoms with Crippen LogP contribution in [0.25, 0.3) is 0 Å². The zero-order valence-corrected chi connectivity index (χ0v) is 10.4. The molecular weight excluding hydrogens is 214 g/mol.